The highest BCUT2D eigenvalue weighted by Crippen LogP contribution is 2.02. The molecular formula is C15H21ClFN3O4. The Labute approximate surface area is 145 Å². The van der Waals surface area contributed by atoms with Gasteiger partial charge in [-0.05, 0) is 24.2 Å². The van der Waals surface area contributed by atoms with Crippen LogP contribution in [0, 0.1) is 5.82 Å². The first-order chi connectivity index (χ1) is 10.9. The fraction of sp³-hybridized carbons (Fsp3) is 0.400. The number of carboxylic acid groups (broad SMARTS) is 1. The summed E-state index contributed by atoms with van der Waals surface area (Å²) in [5.74, 6) is -2.20. The number of hydrogen-bond donors (Lipinski definition) is 3. The lowest BCUT2D eigenvalue weighted by atomic mass is 10.2. The lowest BCUT2D eigenvalue weighted by molar-refractivity contribution is -0.138. The van der Waals surface area contributed by atoms with Crippen LogP contribution in [-0.4, -0.2) is 54.0 Å². The van der Waals surface area contributed by atoms with Crippen molar-refractivity contribution in [1.29, 1.82) is 0 Å². The van der Waals surface area contributed by atoms with Crippen molar-refractivity contribution >= 4 is 30.2 Å². The van der Waals surface area contributed by atoms with Gasteiger partial charge in [0.1, 0.15) is 12.4 Å². The van der Waals surface area contributed by atoms with Crippen molar-refractivity contribution in [1.82, 2.24) is 15.5 Å². The Kier molecular flexibility index (Phi) is 10.3. The molecule has 0 aromatic heterocycles. The Morgan fingerprint density at radius 2 is 1.62 bits per heavy atom. The molecule has 0 radical (unpaired) electrons. The molecule has 0 saturated heterocycles. The lowest BCUT2D eigenvalue weighted by Crippen LogP contribution is -2.43. The van der Waals surface area contributed by atoms with Crippen molar-refractivity contribution in [3.05, 3.63) is 35.6 Å². The Hall–Kier alpha value is -2.19. The minimum absolute atomic E-state index is 0. The topological polar surface area (TPSA) is 98.7 Å². The molecule has 0 aliphatic rings. The number of hydrogen-bond acceptors (Lipinski definition) is 4. The second kappa shape index (κ2) is 11.4. The molecule has 24 heavy (non-hydrogen) atoms. The van der Waals surface area contributed by atoms with E-state index in [2.05, 4.69) is 10.6 Å². The summed E-state index contributed by atoms with van der Waals surface area (Å²) in [6.07, 6.45) is 0. The zero-order valence-electron chi connectivity index (χ0n) is 13.3. The molecule has 9 heteroatoms. The number of benzene rings is 1. The van der Waals surface area contributed by atoms with Crippen LogP contribution in [0.5, 0.6) is 0 Å². The number of rotatable bonds is 9. The van der Waals surface area contributed by atoms with Crippen LogP contribution in [0.25, 0.3) is 0 Å². The molecule has 0 atom stereocenters. The van der Waals surface area contributed by atoms with Crippen LogP contribution in [0.3, 0.4) is 0 Å². The van der Waals surface area contributed by atoms with E-state index in [1.165, 1.54) is 12.1 Å². The predicted molar refractivity (Wildman–Crippen MR) is 88.3 cm³/mol. The van der Waals surface area contributed by atoms with Crippen LogP contribution >= 0.6 is 12.4 Å². The van der Waals surface area contributed by atoms with Gasteiger partial charge in [0.25, 0.3) is 0 Å². The zero-order valence-corrected chi connectivity index (χ0v) is 14.1. The summed E-state index contributed by atoms with van der Waals surface area (Å²) in [5.41, 5.74) is 0.766. The molecule has 1 aromatic carbocycles. The molecule has 0 aliphatic heterocycles. The van der Waals surface area contributed by atoms with Gasteiger partial charge in [0.2, 0.25) is 11.8 Å². The maximum atomic E-state index is 12.8. The summed E-state index contributed by atoms with van der Waals surface area (Å²) in [6, 6.07) is 5.78. The molecule has 7 nitrogen and oxygen atoms in total. The monoisotopic (exact) mass is 361 g/mol. The summed E-state index contributed by atoms with van der Waals surface area (Å²) >= 11 is 0. The predicted octanol–water partition coefficient (Wildman–Crippen LogP) is 0.386. The van der Waals surface area contributed by atoms with Gasteiger partial charge in [0.05, 0.1) is 13.1 Å². The van der Waals surface area contributed by atoms with E-state index in [4.69, 9.17) is 5.11 Å². The molecule has 3 N–H and O–H groups in total. The Morgan fingerprint density at radius 1 is 1.08 bits per heavy atom. The van der Waals surface area contributed by atoms with Crippen LogP contribution in [0.1, 0.15) is 12.5 Å². The highest BCUT2D eigenvalue weighted by molar-refractivity contribution is 5.85. The van der Waals surface area contributed by atoms with Gasteiger partial charge in [-0.15, -0.1) is 12.4 Å². The smallest absolute Gasteiger partial charge is 0.322 e. The molecule has 1 aromatic rings. The molecule has 2 amide bonds. The first kappa shape index (κ1) is 21.8. The molecule has 0 spiro atoms. The van der Waals surface area contributed by atoms with E-state index in [0.29, 0.717) is 6.54 Å². The molecule has 0 saturated carbocycles. The van der Waals surface area contributed by atoms with Crippen LogP contribution in [0.4, 0.5) is 4.39 Å². The minimum atomic E-state index is -1.13. The van der Waals surface area contributed by atoms with Crippen molar-refractivity contribution < 1.29 is 23.9 Å². The highest BCUT2D eigenvalue weighted by Gasteiger charge is 2.13. The summed E-state index contributed by atoms with van der Waals surface area (Å²) in [6.45, 7) is 2.02. The maximum Gasteiger partial charge on any atom is 0.322 e. The molecule has 134 valence electrons. The van der Waals surface area contributed by atoms with Gasteiger partial charge in [-0.25, -0.2) is 4.39 Å². The molecule has 0 bridgehead atoms. The van der Waals surface area contributed by atoms with Gasteiger partial charge in [-0.1, -0.05) is 19.1 Å². The van der Waals surface area contributed by atoms with Crippen molar-refractivity contribution in [3.63, 3.8) is 0 Å². The number of carbonyl (C=O) groups is 3. The molecule has 0 aliphatic carbocycles. The van der Waals surface area contributed by atoms with E-state index in [-0.39, 0.29) is 43.8 Å². The minimum Gasteiger partial charge on any atom is -0.480 e. The van der Waals surface area contributed by atoms with E-state index in [9.17, 15) is 18.8 Å². The van der Waals surface area contributed by atoms with Crippen LogP contribution < -0.4 is 10.6 Å². The quantitative estimate of drug-likeness (QED) is 0.591. The van der Waals surface area contributed by atoms with Crippen molar-refractivity contribution in [2.24, 2.45) is 0 Å². The zero-order chi connectivity index (χ0) is 17.2. The number of carbonyl (C=O) groups excluding carboxylic acids is 2. The average molecular weight is 362 g/mol. The average Bonchev–Trinajstić information content (AvgIpc) is 2.51. The fourth-order valence-corrected chi connectivity index (χ4v) is 1.77. The third-order valence-electron chi connectivity index (χ3n) is 3.02. The number of likely N-dealkylation sites (N-methyl/N-ethyl adjacent to an activating group) is 1. The van der Waals surface area contributed by atoms with Crippen LogP contribution in [-0.2, 0) is 20.9 Å². The van der Waals surface area contributed by atoms with Gasteiger partial charge >= 0.3 is 5.97 Å². The fourth-order valence-electron chi connectivity index (χ4n) is 1.77. The number of aliphatic carboxylic acids is 1. The van der Waals surface area contributed by atoms with E-state index in [1.54, 1.807) is 24.0 Å². The highest BCUT2D eigenvalue weighted by atomic mass is 35.5. The van der Waals surface area contributed by atoms with Crippen molar-refractivity contribution in [2.75, 3.05) is 26.2 Å². The second-order valence-electron chi connectivity index (χ2n) is 4.88. The van der Waals surface area contributed by atoms with Crippen LogP contribution in [0.15, 0.2) is 24.3 Å². The summed E-state index contributed by atoms with van der Waals surface area (Å²) < 4.78 is 12.8. The van der Waals surface area contributed by atoms with Crippen LogP contribution in [0.2, 0.25) is 0 Å². The molecule has 0 heterocycles. The Bertz CT molecular complexity index is 554. The molecule has 0 fully saturated rings. The first-order valence-electron chi connectivity index (χ1n) is 7.12. The third kappa shape index (κ3) is 9.06. The van der Waals surface area contributed by atoms with Crippen molar-refractivity contribution in [2.45, 2.75) is 13.5 Å². The van der Waals surface area contributed by atoms with Gasteiger partial charge < -0.3 is 15.7 Å². The van der Waals surface area contributed by atoms with Gasteiger partial charge in [0.15, 0.2) is 0 Å². The van der Waals surface area contributed by atoms with E-state index < -0.39 is 18.4 Å². The lowest BCUT2D eigenvalue weighted by Gasteiger charge is -2.19. The number of carboxylic acids is 1. The normalized spacial score (nSPS) is 9.96. The summed E-state index contributed by atoms with van der Waals surface area (Å²) in [5, 5.41) is 13.4. The van der Waals surface area contributed by atoms with E-state index >= 15 is 0 Å². The molecule has 1 rings (SSSR count). The SMILES string of the molecule is CCN(CC(=O)NCC(=O)O)CC(=O)NCc1ccc(F)cc1.Cl. The first-order valence-corrected chi connectivity index (χ1v) is 7.12. The number of amides is 2. The summed E-state index contributed by atoms with van der Waals surface area (Å²) in [4.78, 5) is 35.3. The Morgan fingerprint density at radius 3 is 2.12 bits per heavy atom. The Balaban J connectivity index is 0.00000529. The molecule has 0 unspecified atom stereocenters. The van der Waals surface area contributed by atoms with E-state index in [1.807, 2.05) is 0 Å². The maximum absolute atomic E-state index is 12.8. The standard InChI is InChI=1S/C15H20FN3O4.ClH/c1-2-19(10-14(21)18-8-15(22)23)9-13(20)17-7-11-3-5-12(16)6-4-11;/h3-6H,2,7-10H2,1H3,(H,17,20)(H,18,21)(H,22,23);1H. The largest absolute Gasteiger partial charge is 0.480 e. The third-order valence-corrected chi connectivity index (χ3v) is 3.02. The second-order valence-corrected chi connectivity index (χ2v) is 4.88. The summed E-state index contributed by atoms with van der Waals surface area (Å²) in [7, 11) is 0. The van der Waals surface area contributed by atoms with Crippen molar-refractivity contribution in [3.8, 4) is 0 Å². The van der Waals surface area contributed by atoms with Gasteiger partial charge in [-0.3, -0.25) is 19.3 Å². The van der Waals surface area contributed by atoms with Gasteiger partial charge in [0, 0.05) is 6.54 Å². The molecular weight excluding hydrogens is 341 g/mol. The van der Waals surface area contributed by atoms with E-state index in [0.717, 1.165) is 5.56 Å². The number of nitrogens with zero attached hydrogens (tertiary/aromatic N) is 1. The number of halogens is 2. The number of nitrogens with one attached hydrogen (secondary N) is 2. The van der Waals surface area contributed by atoms with Gasteiger partial charge in [-0.2, -0.15) is 0 Å².